The second-order valence-corrected chi connectivity index (χ2v) is 7.78. The number of nitrogens with zero attached hydrogens (tertiary/aromatic N) is 3. The van der Waals surface area contributed by atoms with Crippen LogP contribution < -0.4 is 15.0 Å². The van der Waals surface area contributed by atoms with E-state index >= 15 is 0 Å². The fraction of sp³-hybridized carbons (Fsp3) is 0.292. The van der Waals surface area contributed by atoms with E-state index in [0.29, 0.717) is 30.2 Å². The molecule has 3 heterocycles. The van der Waals surface area contributed by atoms with Crippen LogP contribution in [-0.2, 0) is 0 Å². The summed E-state index contributed by atoms with van der Waals surface area (Å²) in [4.78, 5) is 32.0. The number of ether oxygens (including phenoxy) is 2. The highest BCUT2D eigenvalue weighted by molar-refractivity contribution is 5.96. The molecule has 160 valence electrons. The molecule has 1 aromatic carbocycles. The lowest BCUT2D eigenvalue weighted by molar-refractivity contribution is 0.0171. The quantitative estimate of drug-likeness (QED) is 0.636. The standard InChI is InChI=1S/C24H25N3O4/c1-15-10-11-27(18-8-9-20(30-4)25-12-18)24(29)21(15)23(28)26-13-19(14-26)31-22-16(2)6-5-7-17(22)3/h5-12,19H,13-14H2,1-4H3. The number of amides is 1. The van der Waals surface area contributed by atoms with Gasteiger partial charge >= 0.3 is 0 Å². The minimum absolute atomic E-state index is 0.0826. The van der Waals surface area contributed by atoms with E-state index in [4.69, 9.17) is 9.47 Å². The van der Waals surface area contributed by atoms with Crippen LogP contribution >= 0.6 is 0 Å². The third kappa shape index (κ3) is 3.91. The second kappa shape index (κ2) is 8.26. The zero-order chi connectivity index (χ0) is 22.1. The Kier molecular flexibility index (Phi) is 5.50. The number of rotatable bonds is 5. The van der Waals surface area contributed by atoms with Crippen molar-refractivity contribution in [3.63, 3.8) is 0 Å². The molecule has 0 spiro atoms. The number of para-hydroxylation sites is 1. The number of benzene rings is 1. The summed E-state index contributed by atoms with van der Waals surface area (Å²) in [7, 11) is 1.53. The summed E-state index contributed by atoms with van der Waals surface area (Å²) in [6.45, 7) is 6.69. The molecule has 31 heavy (non-hydrogen) atoms. The van der Waals surface area contributed by atoms with Crippen LogP contribution in [0.15, 0.2) is 53.6 Å². The van der Waals surface area contributed by atoms with Crippen molar-refractivity contribution >= 4 is 5.91 Å². The van der Waals surface area contributed by atoms with Gasteiger partial charge in [0.15, 0.2) is 0 Å². The van der Waals surface area contributed by atoms with Gasteiger partial charge in [-0.2, -0.15) is 0 Å². The monoisotopic (exact) mass is 419 g/mol. The third-order valence-electron chi connectivity index (χ3n) is 5.55. The summed E-state index contributed by atoms with van der Waals surface area (Å²) in [5, 5.41) is 0. The number of likely N-dealkylation sites (tertiary alicyclic amines) is 1. The Labute approximate surface area is 180 Å². The normalized spacial score (nSPS) is 13.6. The Morgan fingerprint density at radius 1 is 1.03 bits per heavy atom. The van der Waals surface area contributed by atoms with Gasteiger partial charge in [0.25, 0.3) is 11.5 Å². The van der Waals surface area contributed by atoms with Crippen LogP contribution in [-0.4, -0.2) is 46.7 Å². The summed E-state index contributed by atoms with van der Waals surface area (Å²) in [6.07, 6.45) is 3.11. The Morgan fingerprint density at radius 2 is 1.74 bits per heavy atom. The van der Waals surface area contributed by atoms with Crippen molar-refractivity contribution in [2.45, 2.75) is 26.9 Å². The zero-order valence-corrected chi connectivity index (χ0v) is 18.1. The number of hydrogen-bond donors (Lipinski definition) is 0. The average Bonchev–Trinajstić information content (AvgIpc) is 2.72. The molecule has 3 aromatic rings. The maximum Gasteiger partial charge on any atom is 0.268 e. The lowest BCUT2D eigenvalue weighted by Gasteiger charge is -2.39. The van der Waals surface area contributed by atoms with Crippen molar-refractivity contribution in [2.75, 3.05) is 20.2 Å². The highest BCUT2D eigenvalue weighted by Crippen LogP contribution is 2.26. The minimum atomic E-state index is -0.365. The maximum atomic E-state index is 13.1. The molecule has 7 heteroatoms. The summed E-state index contributed by atoms with van der Waals surface area (Å²) in [5.74, 6) is 1.04. The number of carbonyl (C=O) groups is 1. The van der Waals surface area contributed by atoms with Gasteiger partial charge in [0, 0.05) is 12.3 Å². The van der Waals surface area contributed by atoms with Crippen molar-refractivity contribution in [3.05, 3.63) is 81.4 Å². The van der Waals surface area contributed by atoms with E-state index in [1.54, 1.807) is 42.4 Å². The lowest BCUT2D eigenvalue weighted by Crippen LogP contribution is -2.57. The summed E-state index contributed by atoms with van der Waals surface area (Å²) in [6, 6.07) is 11.2. The highest BCUT2D eigenvalue weighted by Gasteiger charge is 2.35. The summed E-state index contributed by atoms with van der Waals surface area (Å²) >= 11 is 0. The van der Waals surface area contributed by atoms with Gasteiger partial charge in [-0.1, -0.05) is 18.2 Å². The predicted octanol–water partition coefficient (Wildman–Crippen LogP) is 3.07. The fourth-order valence-corrected chi connectivity index (χ4v) is 3.71. The first-order valence-electron chi connectivity index (χ1n) is 10.1. The Hall–Kier alpha value is -3.61. The van der Waals surface area contributed by atoms with E-state index in [9.17, 15) is 9.59 Å². The van der Waals surface area contributed by atoms with Crippen LogP contribution in [0.3, 0.4) is 0 Å². The Morgan fingerprint density at radius 3 is 2.35 bits per heavy atom. The number of methoxy groups -OCH3 is 1. The van der Waals surface area contributed by atoms with Crippen molar-refractivity contribution in [1.29, 1.82) is 0 Å². The molecule has 7 nitrogen and oxygen atoms in total. The van der Waals surface area contributed by atoms with E-state index < -0.39 is 0 Å². The van der Waals surface area contributed by atoms with Crippen LogP contribution in [0, 0.1) is 20.8 Å². The third-order valence-corrected chi connectivity index (χ3v) is 5.55. The van der Waals surface area contributed by atoms with Crippen LogP contribution in [0.4, 0.5) is 0 Å². The molecule has 0 unspecified atom stereocenters. The SMILES string of the molecule is COc1ccc(-n2ccc(C)c(C(=O)N3CC(Oc4c(C)cccc4C)C3)c2=O)cn1. The van der Waals surface area contributed by atoms with Gasteiger partial charge < -0.3 is 14.4 Å². The van der Waals surface area contributed by atoms with Crippen LogP contribution in [0.25, 0.3) is 5.69 Å². The molecular formula is C24H25N3O4. The second-order valence-electron chi connectivity index (χ2n) is 7.78. The molecule has 0 radical (unpaired) electrons. The molecule has 0 bridgehead atoms. The van der Waals surface area contributed by atoms with E-state index in [1.165, 1.54) is 11.7 Å². The predicted molar refractivity (Wildman–Crippen MR) is 117 cm³/mol. The first-order valence-corrected chi connectivity index (χ1v) is 10.1. The van der Waals surface area contributed by atoms with Gasteiger partial charge in [0.05, 0.1) is 32.1 Å². The Bertz CT molecular complexity index is 1160. The molecule has 1 aliphatic heterocycles. The largest absolute Gasteiger partial charge is 0.486 e. The number of hydrogen-bond acceptors (Lipinski definition) is 5. The fourth-order valence-electron chi connectivity index (χ4n) is 3.71. The molecule has 1 fully saturated rings. The molecule has 0 aliphatic carbocycles. The lowest BCUT2D eigenvalue weighted by atomic mass is 10.1. The van der Waals surface area contributed by atoms with Crippen molar-refractivity contribution in [1.82, 2.24) is 14.5 Å². The van der Waals surface area contributed by atoms with Gasteiger partial charge in [-0.05, 0) is 49.6 Å². The van der Waals surface area contributed by atoms with Gasteiger partial charge in [-0.3, -0.25) is 14.2 Å². The van der Waals surface area contributed by atoms with Crippen LogP contribution in [0.1, 0.15) is 27.0 Å². The van der Waals surface area contributed by atoms with Gasteiger partial charge in [-0.15, -0.1) is 0 Å². The first-order chi connectivity index (χ1) is 14.9. The van der Waals surface area contributed by atoms with Crippen molar-refractivity contribution in [2.24, 2.45) is 0 Å². The summed E-state index contributed by atoms with van der Waals surface area (Å²) < 4.78 is 12.6. The molecular weight excluding hydrogens is 394 g/mol. The van der Waals surface area contributed by atoms with Gasteiger partial charge in [0.2, 0.25) is 5.88 Å². The van der Waals surface area contributed by atoms with Crippen molar-refractivity contribution in [3.8, 4) is 17.3 Å². The molecule has 1 amide bonds. The smallest absolute Gasteiger partial charge is 0.268 e. The molecule has 1 saturated heterocycles. The number of aromatic nitrogens is 2. The molecule has 2 aromatic heterocycles. The molecule has 0 N–H and O–H groups in total. The van der Waals surface area contributed by atoms with E-state index in [1.807, 2.05) is 32.0 Å². The average molecular weight is 419 g/mol. The Balaban J connectivity index is 1.52. The van der Waals surface area contributed by atoms with Crippen LogP contribution in [0.5, 0.6) is 11.6 Å². The summed E-state index contributed by atoms with van der Waals surface area (Å²) in [5.41, 5.74) is 3.16. The van der Waals surface area contributed by atoms with E-state index in [0.717, 1.165) is 16.9 Å². The van der Waals surface area contributed by atoms with E-state index in [2.05, 4.69) is 4.98 Å². The van der Waals surface area contributed by atoms with Crippen LogP contribution in [0.2, 0.25) is 0 Å². The van der Waals surface area contributed by atoms with Gasteiger partial charge in [-0.25, -0.2) is 4.98 Å². The van der Waals surface area contributed by atoms with Gasteiger partial charge in [0.1, 0.15) is 17.4 Å². The first kappa shape index (κ1) is 20.7. The van der Waals surface area contributed by atoms with E-state index in [-0.39, 0.29) is 23.1 Å². The highest BCUT2D eigenvalue weighted by atomic mass is 16.5. The number of carbonyl (C=O) groups excluding carboxylic acids is 1. The zero-order valence-electron chi connectivity index (χ0n) is 18.1. The molecule has 0 saturated carbocycles. The molecule has 4 rings (SSSR count). The van der Waals surface area contributed by atoms with Crippen molar-refractivity contribution < 1.29 is 14.3 Å². The molecule has 0 atom stereocenters. The maximum absolute atomic E-state index is 13.1. The molecule has 1 aliphatic rings. The number of pyridine rings is 2. The minimum Gasteiger partial charge on any atom is -0.486 e. The number of aryl methyl sites for hydroxylation is 3. The topological polar surface area (TPSA) is 73.7 Å².